The second-order valence-corrected chi connectivity index (χ2v) is 4.46. The van der Waals surface area contributed by atoms with Crippen LogP contribution in [0.5, 0.6) is 0 Å². The summed E-state index contributed by atoms with van der Waals surface area (Å²) in [5.41, 5.74) is 1.18. The number of nitrogens with one attached hydrogen (secondary N) is 1. The number of pyridine rings is 1. The van der Waals surface area contributed by atoms with E-state index in [1.54, 1.807) is 0 Å². The minimum Gasteiger partial charge on any atom is -0.379 e. The average molecular weight is 228 g/mol. The molecule has 1 aliphatic heterocycles. The summed E-state index contributed by atoms with van der Waals surface area (Å²) in [5, 5.41) is 5.98. The number of aromatic nitrogens is 1. The van der Waals surface area contributed by atoms with Gasteiger partial charge in [0.05, 0.1) is 6.61 Å². The van der Waals surface area contributed by atoms with E-state index >= 15 is 0 Å². The smallest absolute Gasteiger partial charge is 0.0667 e. The van der Waals surface area contributed by atoms with Crippen molar-refractivity contribution in [1.29, 1.82) is 0 Å². The SMILES string of the molecule is c1cc(NC2CCCOC2)c2ccncc2c1. The average Bonchev–Trinajstić information content (AvgIpc) is 2.40. The fourth-order valence-corrected chi connectivity index (χ4v) is 2.32. The van der Waals surface area contributed by atoms with Crippen molar-refractivity contribution in [2.45, 2.75) is 18.9 Å². The van der Waals surface area contributed by atoms with Gasteiger partial charge in [0.1, 0.15) is 0 Å². The molecule has 3 nitrogen and oxygen atoms in total. The molecule has 1 N–H and O–H groups in total. The van der Waals surface area contributed by atoms with Crippen LogP contribution in [0.1, 0.15) is 12.8 Å². The molecule has 3 rings (SSSR count). The van der Waals surface area contributed by atoms with E-state index in [1.165, 1.54) is 22.9 Å². The van der Waals surface area contributed by atoms with Crippen molar-refractivity contribution in [1.82, 2.24) is 4.98 Å². The summed E-state index contributed by atoms with van der Waals surface area (Å²) in [6, 6.07) is 8.77. The topological polar surface area (TPSA) is 34.1 Å². The van der Waals surface area contributed by atoms with Gasteiger partial charge in [-0.3, -0.25) is 4.98 Å². The predicted molar refractivity (Wildman–Crippen MR) is 69.2 cm³/mol. The van der Waals surface area contributed by atoms with Crippen LogP contribution in [0, 0.1) is 0 Å². The van der Waals surface area contributed by atoms with Crippen LogP contribution in [-0.2, 0) is 4.74 Å². The van der Waals surface area contributed by atoms with Crippen molar-refractivity contribution < 1.29 is 4.74 Å². The first-order valence-corrected chi connectivity index (χ1v) is 6.10. The van der Waals surface area contributed by atoms with Gasteiger partial charge >= 0.3 is 0 Å². The molecule has 0 spiro atoms. The van der Waals surface area contributed by atoms with E-state index in [4.69, 9.17) is 4.74 Å². The Kier molecular flexibility index (Phi) is 2.92. The Morgan fingerprint density at radius 1 is 1.29 bits per heavy atom. The number of hydrogen-bond acceptors (Lipinski definition) is 3. The van der Waals surface area contributed by atoms with Crippen LogP contribution < -0.4 is 5.32 Å². The third kappa shape index (κ3) is 2.24. The summed E-state index contributed by atoms with van der Waals surface area (Å²) in [5.74, 6) is 0. The van der Waals surface area contributed by atoms with Gasteiger partial charge in [-0.1, -0.05) is 12.1 Å². The van der Waals surface area contributed by atoms with E-state index in [0.29, 0.717) is 6.04 Å². The second-order valence-electron chi connectivity index (χ2n) is 4.46. The largest absolute Gasteiger partial charge is 0.379 e. The second kappa shape index (κ2) is 4.72. The molecule has 3 heteroatoms. The summed E-state index contributed by atoms with van der Waals surface area (Å²) >= 11 is 0. The van der Waals surface area contributed by atoms with E-state index in [2.05, 4.69) is 34.6 Å². The molecule has 1 unspecified atom stereocenters. The van der Waals surface area contributed by atoms with Gasteiger partial charge in [0.2, 0.25) is 0 Å². The zero-order chi connectivity index (χ0) is 11.5. The molecule has 1 aromatic heterocycles. The Morgan fingerprint density at radius 3 is 3.18 bits per heavy atom. The van der Waals surface area contributed by atoms with Gasteiger partial charge < -0.3 is 10.1 Å². The highest BCUT2D eigenvalue weighted by molar-refractivity contribution is 5.93. The summed E-state index contributed by atoms with van der Waals surface area (Å²) in [6.07, 6.45) is 6.06. The molecule has 1 fully saturated rings. The molecule has 1 saturated heterocycles. The fraction of sp³-hybridized carbons (Fsp3) is 0.357. The molecule has 0 bridgehead atoms. The summed E-state index contributed by atoms with van der Waals surface area (Å²) in [6.45, 7) is 1.71. The molecule has 2 heterocycles. The van der Waals surface area contributed by atoms with Crippen LogP contribution in [0.25, 0.3) is 10.8 Å². The van der Waals surface area contributed by atoms with Gasteiger partial charge in [-0.05, 0) is 25.0 Å². The van der Waals surface area contributed by atoms with Gasteiger partial charge in [0, 0.05) is 41.5 Å². The van der Waals surface area contributed by atoms with E-state index < -0.39 is 0 Å². The monoisotopic (exact) mass is 228 g/mol. The van der Waals surface area contributed by atoms with Crippen molar-refractivity contribution in [3.05, 3.63) is 36.7 Å². The van der Waals surface area contributed by atoms with E-state index in [0.717, 1.165) is 19.6 Å². The Bertz CT molecular complexity index is 501. The van der Waals surface area contributed by atoms with Crippen molar-refractivity contribution in [3.63, 3.8) is 0 Å². The fourth-order valence-electron chi connectivity index (χ4n) is 2.32. The first-order valence-electron chi connectivity index (χ1n) is 6.10. The highest BCUT2D eigenvalue weighted by Crippen LogP contribution is 2.24. The number of fused-ring (bicyclic) bond motifs is 1. The van der Waals surface area contributed by atoms with Gasteiger partial charge in [-0.2, -0.15) is 0 Å². The Balaban J connectivity index is 1.89. The lowest BCUT2D eigenvalue weighted by Crippen LogP contribution is -2.29. The molecule has 1 aliphatic rings. The highest BCUT2D eigenvalue weighted by atomic mass is 16.5. The number of hydrogen-bond donors (Lipinski definition) is 1. The van der Waals surface area contributed by atoms with Crippen LogP contribution in [0.4, 0.5) is 5.69 Å². The number of anilines is 1. The molecule has 2 aromatic rings. The number of ether oxygens (including phenoxy) is 1. The molecule has 17 heavy (non-hydrogen) atoms. The summed E-state index contributed by atoms with van der Waals surface area (Å²) in [4.78, 5) is 4.15. The molecule has 0 saturated carbocycles. The molecule has 1 aromatic carbocycles. The van der Waals surface area contributed by atoms with E-state index in [1.807, 2.05) is 12.4 Å². The van der Waals surface area contributed by atoms with Crippen molar-refractivity contribution in [3.8, 4) is 0 Å². The lowest BCUT2D eigenvalue weighted by atomic mass is 10.1. The van der Waals surface area contributed by atoms with Gasteiger partial charge in [0.25, 0.3) is 0 Å². The van der Waals surface area contributed by atoms with Crippen LogP contribution in [0.15, 0.2) is 36.7 Å². The molecular formula is C14H16N2O. The normalized spacial score (nSPS) is 20.4. The first-order chi connectivity index (χ1) is 8.43. The third-order valence-electron chi connectivity index (χ3n) is 3.20. The van der Waals surface area contributed by atoms with Gasteiger partial charge in [-0.15, -0.1) is 0 Å². The lowest BCUT2D eigenvalue weighted by Gasteiger charge is -2.24. The van der Waals surface area contributed by atoms with E-state index in [9.17, 15) is 0 Å². The first kappa shape index (κ1) is 10.5. The maximum absolute atomic E-state index is 5.49. The van der Waals surface area contributed by atoms with Crippen molar-refractivity contribution in [2.24, 2.45) is 0 Å². The van der Waals surface area contributed by atoms with Crippen LogP contribution in [0.3, 0.4) is 0 Å². The zero-order valence-corrected chi connectivity index (χ0v) is 9.73. The minimum absolute atomic E-state index is 0.433. The van der Waals surface area contributed by atoms with Crippen molar-refractivity contribution in [2.75, 3.05) is 18.5 Å². The lowest BCUT2D eigenvalue weighted by molar-refractivity contribution is 0.0876. The Morgan fingerprint density at radius 2 is 2.29 bits per heavy atom. The maximum atomic E-state index is 5.49. The quantitative estimate of drug-likeness (QED) is 0.858. The van der Waals surface area contributed by atoms with E-state index in [-0.39, 0.29) is 0 Å². The van der Waals surface area contributed by atoms with Crippen molar-refractivity contribution >= 4 is 16.5 Å². The molecular weight excluding hydrogens is 212 g/mol. The summed E-state index contributed by atoms with van der Waals surface area (Å²) in [7, 11) is 0. The highest BCUT2D eigenvalue weighted by Gasteiger charge is 2.14. The van der Waals surface area contributed by atoms with Crippen LogP contribution in [0.2, 0.25) is 0 Å². The Hall–Kier alpha value is -1.61. The molecule has 1 atom stereocenters. The minimum atomic E-state index is 0.433. The van der Waals surface area contributed by atoms with Crippen LogP contribution >= 0.6 is 0 Å². The number of nitrogens with zero attached hydrogens (tertiary/aromatic N) is 1. The number of benzene rings is 1. The zero-order valence-electron chi connectivity index (χ0n) is 9.73. The maximum Gasteiger partial charge on any atom is 0.0667 e. The molecule has 0 radical (unpaired) electrons. The van der Waals surface area contributed by atoms with Gasteiger partial charge in [0.15, 0.2) is 0 Å². The summed E-state index contributed by atoms with van der Waals surface area (Å²) < 4.78 is 5.49. The molecule has 0 amide bonds. The number of rotatable bonds is 2. The predicted octanol–water partition coefficient (Wildman–Crippen LogP) is 2.83. The molecule has 88 valence electrons. The third-order valence-corrected chi connectivity index (χ3v) is 3.20. The molecule has 0 aliphatic carbocycles. The van der Waals surface area contributed by atoms with Gasteiger partial charge in [-0.25, -0.2) is 0 Å². The standard InChI is InChI=1S/C14H16N2O/c1-3-11-9-15-7-6-13(11)14(5-1)16-12-4-2-8-17-10-12/h1,3,5-7,9,12,16H,2,4,8,10H2. The van der Waals surface area contributed by atoms with Crippen LogP contribution in [-0.4, -0.2) is 24.2 Å². The Labute approximate surface area is 101 Å².